The zero-order valence-corrected chi connectivity index (χ0v) is 7.41. The molecule has 1 aliphatic rings. The van der Waals surface area contributed by atoms with E-state index in [0.29, 0.717) is 11.8 Å². The number of carbonyl (C=O) groups is 1. The first-order valence-corrected chi connectivity index (χ1v) is 4.12. The predicted octanol–water partition coefficient (Wildman–Crippen LogP) is 0.315. The van der Waals surface area contributed by atoms with Gasteiger partial charge >= 0.3 is 5.97 Å². The van der Waals surface area contributed by atoms with Crippen molar-refractivity contribution in [3.8, 4) is 0 Å². The number of hydrogen-bond donors (Lipinski definition) is 1. The van der Waals surface area contributed by atoms with E-state index in [0.717, 1.165) is 6.42 Å². The molecule has 0 aromatic carbocycles. The first-order chi connectivity index (χ1) is 5.63. The summed E-state index contributed by atoms with van der Waals surface area (Å²) in [5, 5.41) is 0. The quantitative estimate of drug-likeness (QED) is 0.620. The Labute approximate surface area is 71.8 Å². The van der Waals surface area contributed by atoms with Gasteiger partial charge in [-0.1, -0.05) is 13.8 Å². The molecule has 12 heavy (non-hydrogen) atoms. The zero-order valence-electron chi connectivity index (χ0n) is 7.41. The Morgan fingerprint density at radius 3 is 2.75 bits per heavy atom. The van der Waals surface area contributed by atoms with Crippen molar-refractivity contribution in [1.82, 2.24) is 0 Å². The molecule has 0 amide bonds. The summed E-state index contributed by atoms with van der Waals surface area (Å²) in [4.78, 5) is 15.1. The van der Waals surface area contributed by atoms with Gasteiger partial charge in [-0.25, -0.2) is 9.79 Å². The second-order valence-corrected chi connectivity index (χ2v) is 3.29. The first-order valence-electron chi connectivity index (χ1n) is 4.12. The van der Waals surface area contributed by atoms with E-state index in [1.165, 1.54) is 0 Å². The lowest BCUT2D eigenvalue weighted by molar-refractivity contribution is -0.135. The van der Waals surface area contributed by atoms with Gasteiger partial charge in [0.1, 0.15) is 0 Å². The minimum absolute atomic E-state index is 0.209. The maximum absolute atomic E-state index is 11.1. The van der Waals surface area contributed by atoms with Gasteiger partial charge in [-0.15, -0.1) is 0 Å². The zero-order chi connectivity index (χ0) is 9.14. The van der Waals surface area contributed by atoms with E-state index in [-0.39, 0.29) is 18.6 Å². The SMILES string of the molecule is CC(C)C[C@H]1N=C(CN)OC1=O. The molecule has 0 radical (unpaired) electrons. The molecule has 0 unspecified atom stereocenters. The van der Waals surface area contributed by atoms with Gasteiger partial charge in [0.2, 0.25) is 5.90 Å². The van der Waals surface area contributed by atoms with Crippen LogP contribution in [0.15, 0.2) is 4.99 Å². The second-order valence-electron chi connectivity index (χ2n) is 3.29. The number of nitrogens with zero attached hydrogens (tertiary/aromatic N) is 1. The fourth-order valence-electron chi connectivity index (χ4n) is 1.13. The fraction of sp³-hybridized carbons (Fsp3) is 0.750. The highest BCUT2D eigenvalue weighted by atomic mass is 16.6. The minimum atomic E-state index is -0.316. The molecule has 0 bridgehead atoms. The molecule has 4 heteroatoms. The van der Waals surface area contributed by atoms with E-state index in [1.807, 2.05) is 13.8 Å². The summed E-state index contributed by atoms with van der Waals surface area (Å²) in [6, 6.07) is -0.316. The van der Waals surface area contributed by atoms with Gasteiger partial charge in [0.15, 0.2) is 6.04 Å². The highest BCUT2D eigenvalue weighted by Crippen LogP contribution is 2.14. The van der Waals surface area contributed by atoms with E-state index in [4.69, 9.17) is 10.5 Å². The van der Waals surface area contributed by atoms with Crippen molar-refractivity contribution in [3.63, 3.8) is 0 Å². The van der Waals surface area contributed by atoms with Gasteiger partial charge < -0.3 is 10.5 Å². The molecule has 1 rings (SSSR count). The van der Waals surface area contributed by atoms with Crippen LogP contribution in [0, 0.1) is 5.92 Å². The summed E-state index contributed by atoms with van der Waals surface area (Å²) < 4.78 is 4.81. The van der Waals surface area contributed by atoms with Crippen LogP contribution in [-0.4, -0.2) is 24.5 Å². The highest BCUT2D eigenvalue weighted by Gasteiger charge is 2.28. The Hall–Kier alpha value is -0.900. The van der Waals surface area contributed by atoms with E-state index in [9.17, 15) is 4.79 Å². The summed E-state index contributed by atoms with van der Waals surface area (Å²) in [6.07, 6.45) is 0.738. The standard InChI is InChI=1S/C8H14N2O2/c1-5(2)3-6-8(11)12-7(4-9)10-6/h5-6H,3-4,9H2,1-2H3/t6-/m1/s1. The van der Waals surface area contributed by atoms with Crippen LogP contribution < -0.4 is 5.73 Å². The van der Waals surface area contributed by atoms with Crippen LogP contribution in [0.3, 0.4) is 0 Å². The van der Waals surface area contributed by atoms with Crippen molar-refractivity contribution in [2.75, 3.05) is 6.54 Å². The lowest BCUT2D eigenvalue weighted by Gasteiger charge is -2.05. The van der Waals surface area contributed by atoms with Crippen molar-refractivity contribution in [3.05, 3.63) is 0 Å². The van der Waals surface area contributed by atoms with Crippen LogP contribution in [0.1, 0.15) is 20.3 Å². The molecule has 0 aliphatic carbocycles. The van der Waals surface area contributed by atoms with Crippen LogP contribution in [0.2, 0.25) is 0 Å². The van der Waals surface area contributed by atoms with Crippen molar-refractivity contribution < 1.29 is 9.53 Å². The smallest absolute Gasteiger partial charge is 0.337 e. The number of hydrogen-bond acceptors (Lipinski definition) is 4. The topological polar surface area (TPSA) is 64.7 Å². The lowest BCUT2D eigenvalue weighted by atomic mass is 10.1. The monoisotopic (exact) mass is 170 g/mol. The molecule has 0 aromatic rings. The third-order valence-electron chi connectivity index (χ3n) is 1.66. The number of aliphatic imine (C=N–C) groups is 1. The molecule has 0 fully saturated rings. The minimum Gasteiger partial charge on any atom is -0.409 e. The van der Waals surface area contributed by atoms with Crippen LogP contribution in [-0.2, 0) is 9.53 Å². The Morgan fingerprint density at radius 1 is 1.67 bits per heavy atom. The summed E-state index contributed by atoms with van der Waals surface area (Å²) in [5.41, 5.74) is 5.28. The summed E-state index contributed by atoms with van der Waals surface area (Å²) in [6.45, 7) is 4.30. The van der Waals surface area contributed by atoms with Gasteiger partial charge in [-0.2, -0.15) is 0 Å². The van der Waals surface area contributed by atoms with E-state index in [1.54, 1.807) is 0 Å². The number of carbonyl (C=O) groups excluding carboxylic acids is 1. The molecule has 2 N–H and O–H groups in total. The van der Waals surface area contributed by atoms with Crippen molar-refractivity contribution in [2.24, 2.45) is 16.6 Å². The molecule has 1 heterocycles. The van der Waals surface area contributed by atoms with Gasteiger partial charge in [-0.05, 0) is 12.3 Å². The molecular formula is C8H14N2O2. The molecule has 0 saturated heterocycles. The summed E-state index contributed by atoms with van der Waals surface area (Å²) in [7, 11) is 0. The lowest BCUT2D eigenvalue weighted by Crippen LogP contribution is -2.18. The van der Waals surface area contributed by atoms with E-state index >= 15 is 0 Å². The normalized spacial score (nSPS) is 22.8. The maximum atomic E-state index is 11.1. The van der Waals surface area contributed by atoms with Crippen molar-refractivity contribution in [2.45, 2.75) is 26.3 Å². The largest absolute Gasteiger partial charge is 0.409 e. The van der Waals surface area contributed by atoms with Crippen molar-refractivity contribution in [1.29, 1.82) is 0 Å². The van der Waals surface area contributed by atoms with Gasteiger partial charge in [0.05, 0.1) is 6.54 Å². The highest BCUT2D eigenvalue weighted by molar-refractivity contribution is 5.97. The molecule has 4 nitrogen and oxygen atoms in total. The van der Waals surface area contributed by atoms with Crippen LogP contribution >= 0.6 is 0 Å². The summed E-state index contributed by atoms with van der Waals surface area (Å²) in [5.74, 6) is 0.554. The number of esters is 1. The Bertz CT molecular complexity index is 211. The molecular weight excluding hydrogens is 156 g/mol. The van der Waals surface area contributed by atoms with Gasteiger partial charge in [0.25, 0.3) is 0 Å². The Kier molecular flexibility index (Phi) is 2.81. The number of nitrogens with two attached hydrogens (primary N) is 1. The Morgan fingerprint density at radius 2 is 2.33 bits per heavy atom. The third-order valence-corrected chi connectivity index (χ3v) is 1.66. The predicted molar refractivity (Wildman–Crippen MR) is 45.8 cm³/mol. The molecule has 1 aliphatic heterocycles. The van der Waals surface area contributed by atoms with Crippen molar-refractivity contribution >= 4 is 11.9 Å². The average Bonchev–Trinajstić information content (AvgIpc) is 2.31. The average molecular weight is 170 g/mol. The van der Waals surface area contributed by atoms with E-state index in [2.05, 4.69) is 4.99 Å². The van der Waals surface area contributed by atoms with Gasteiger partial charge in [-0.3, -0.25) is 0 Å². The maximum Gasteiger partial charge on any atom is 0.337 e. The number of rotatable bonds is 3. The number of cyclic esters (lactones) is 1. The van der Waals surface area contributed by atoms with Crippen LogP contribution in [0.25, 0.3) is 0 Å². The molecule has 0 spiro atoms. The molecule has 0 aromatic heterocycles. The summed E-state index contributed by atoms with van der Waals surface area (Å²) >= 11 is 0. The molecule has 0 saturated carbocycles. The Balaban J connectivity index is 2.54. The second kappa shape index (κ2) is 3.67. The first kappa shape index (κ1) is 9.19. The van der Waals surface area contributed by atoms with Gasteiger partial charge in [0, 0.05) is 0 Å². The fourth-order valence-corrected chi connectivity index (χ4v) is 1.13. The van der Waals surface area contributed by atoms with Crippen LogP contribution in [0.5, 0.6) is 0 Å². The number of ether oxygens (including phenoxy) is 1. The third kappa shape index (κ3) is 2.04. The van der Waals surface area contributed by atoms with E-state index < -0.39 is 0 Å². The molecule has 68 valence electrons. The molecule has 1 atom stereocenters. The van der Waals surface area contributed by atoms with Crippen LogP contribution in [0.4, 0.5) is 0 Å².